The van der Waals surface area contributed by atoms with Crippen LogP contribution >= 0.6 is 23.1 Å². The van der Waals surface area contributed by atoms with Gasteiger partial charge in [-0.05, 0) is 36.8 Å². The zero-order chi connectivity index (χ0) is 21.1. The van der Waals surface area contributed by atoms with E-state index in [9.17, 15) is 9.59 Å². The maximum absolute atomic E-state index is 13.5. The molecule has 0 bridgehead atoms. The zero-order valence-electron chi connectivity index (χ0n) is 17.2. The Morgan fingerprint density at radius 2 is 2.03 bits per heavy atom. The average Bonchev–Trinajstić information content (AvgIpc) is 3.32. The lowest BCUT2D eigenvalue weighted by Gasteiger charge is -2.17. The van der Waals surface area contributed by atoms with Crippen LogP contribution in [0.4, 0.5) is 0 Å². The molecule has 4 rings (SSSR count). The predicted octanol–water partition coefficient (Wildman–Crippen LogP) is 4.85. The summed E-state index contributed by atoms with van der Waals surface area (Å²) in [6, 6.07) is 9.48. The minimum Gasteiger partial charge on any atom is -0.368 e. The summed E-state index contributed by atoms with van der Waals surface area (Å²) in [7, 11) is 0. The van der Waals surface area contributed by atoms with Crippen molar-refractivity contribution in [1.29, 1.82) is 0 Å². The van der Waals surface area contributed by atoms with Gasteiger partial charge in [0.2, 0.25) is 5.91 Å². The van der Waals surface area contributed by atoms with Crippen LogP contribution in [0.5, 0.6) is 0 Å². The van der Waals surface area contributed by atoms with Crippen LogP contribution in [0.25, 0.3) is 10.2 Å². The van der Waals surface area contributed by atoms with Gasteiger partial charge in [0.25, 0.3) is 5.56 Å². The van der Waals surface area contributed by atoms with Gasteiger partial charge in [-0.25, -0.2) is 4.98 Å². The smallest absolute Gasteiger partial charge is 0.263 e. The Balaban J connectivity index is 1.76. The third-order valence-electron chi connectivity index (χ3n) is 5.61. The normalized spacial score (nSPS) is 14.2. The number of aryl methyl sites for hydroxylation is 2. The number of hydrogen-bond donors (Lipinski definition) is 1. The SMILES string of the molecule is CCCCCCn1c(SC(C(N)=O)c2ccccc2)nc2sc3c(c2c1=O)CCC3. The summed E-state index contributed by atoms with van der Waals surface area (Å²) in [5.74, 6) is -0.424. The molecule has 0 saturated carbocycles. The minimum atomic E-state index is -0.579. The van der Waals surface area contributed by atoms with E-state index in [2.05, 4.69) is 6.92 Å². The van der Waals surface area contributed by atoms with Crippen LogP contribution in [0.2, 0.25) is 0 Å². The molecule has 1 unspecified atom stereocenters. The lowest BCUT2D eigenvalue weighted by Crippen LogP contribution is -2.25. The number of primary amides is 1. The van der Waals surface area contributed by atoms with Gasteiger partial charge in [-0.3, -0.25) is 14.2 Å². The number of thioether (sulfide) groups is 1. The second kappa shape index (κ2) is 9.35. The molecule has 0 radical (unpaired) electrons. The van der Waals surface area contributed by atoms with Gasteiger partial charge in [0, 0.05) is 11.4 Å². The molecule has 2 aromatic heterocycles. The fraction of sp³-hybridized carbons (Fsp3) is 0.435. The van der Waals surface area contributed by atoms with Crippen molar-refractivity contribution < 1.29 is 4.79 Å². The first kappa shape index (κ1) is 21.1. The first-order valence-corrected chi connectivity index (χ1v) is 12.4. The van der Waals surface area contributed by atoms with Crippen LogP contribution < -0.4 is 11.3 Å². The number of nitrogens with two attached hydrogens (primary N) is 1. The van der Waals surface area contributed by atoms with Gasteiger partial charge in [-0.2, -0.15) is 0 Å². The number of fused-ring (bicyclic) bond motifs is 3. The second-order valence-electron chi connectivity index (χ2n) is 7.76. The Morgan fingerprint density at radius 1 is 1.23 bits per heavy atom. The number of unbranched alkanes of at least 4 members (excludes halogenated alkanes) is 3. The number of rotatable bonds is 9. The summed E-state index contributed by atoms with van der Waals surface area (Å²) in [5.41, 5.74) is 7.80. The molecule has 3 aromatic rings. The summed E-state index contributed by atoms with van der Waals surface area (Å²) in [4.78, 5) is 32.8. The van der Waals surface area contributed by atoms with Gasteiger partial charge in [0.05, 0.1) is 5.39 Å². The Hall–Kier alpha value is -2.12. The largest absolute Gasteiger partial charge is 0.368 e. The molecule has 0 spiro atoms. The molecule has 158 valence electrons. The van der Waals surface area contributed by atoms with Gasteiger partial charge in [-0.1, -0.05) is 68.3 Å². The monoisotopic (exact) mass is 441 g/mol. The summed E-state index contributed by atoms with van der Waals surface area (Å²) < 4.78 is 1.78. The van der Waals surface area contributed by atoms with Gasteiger partial charge in [0.15, 0.2) is 5.16 Å². The fourth-order valence-electron chi connectivity index (χ4n) is 4.07. The molecular weight excluding hydrogens is 414 g/mol. The molecule has 1 aliphatic rings. The van der Waals surface area contributed by atoms with Crippen LogP contribution in [0.15, 0.2) is 40.3 Å². The Labute approximate surface area is 184 Å². The predicted molar refractivity (Wildman–Crippen MR) is 124 cm³/mol. The zero-order valence-corrected chi connectivity index (χ0v) is 18.9. The molecular formula is C23H27N3O2S2. The van der Waals surface area contributed by atoms with Crippen molar-refractivity contribution in [3.05, 3.63) is 56.7 Å². The lowest BCUT2D eigenvalue weighted by molar-refractivity contribution is -0.117. The average molecular weight is 442 g/mol. The van der Waals surface area contributed by atoms with E-state index in [4.69, 9.17) is 10.7 Å². The number of aromatic nitrogens is 2. The van der Waals surface area contributed by atoms with E-state index < -0.39 is 11.2 Å². The standard InChI is InChI=1S/C23H27N3O2S2/c1-2-3-4-8-14-26-22(28)18-16-12-9-13-17(16)29-21(18)25-23(26)30-19(20(24)27)15-10-6-5-7-11-15/h5-7,10-11,19H,2-4,8-9,12-14H2,1H3,(H2,24,27). The van der Waals surface area contributed by atoms with Gasteiger partial charge < -0.3 is 5.73 Å². The van der Waals surface area contributed by atoms with Gasteiger partial charge in [0.1, 0.15) is 10.1 Å². The molecule has 1 atom stereocenters. The molecule has 5 nitrogen and oxygen atoms in total. The first-order valence-electron chi connectivity index (χ1n) is 10.7. The van der Waals surface area contributed by atoms with E-state index >= 15 is 0 Å². The van der Waals surface area contributed by atoms with Crippen molar-refractivity contribution in [3.63, 3.8) is 0 Å². The summed E-state index contributed by atoms with van der Waals surface area (Å²) in [6.45, 7) is 2.79. The van der Waals surface area contributed by atoms with E-state index in [1.165, 1.54) is 22.2 Å². The fourth-order valence-corrected chi connectivity index (χ4v) is 6.44. The molecule has 0 fully saturated rings. The Kier molecular flexibility index (Phi) is 6.58. The highest BCUT2D eigenvalue weighted by molar-refractivity contribution is 8.00. The van der Waals surface area contributed by atoms with Crippen LogP contribution in [0.1, 0.15) is 60.3 Å². The van der Waals surface area contributed by atoms with Crippen molar-refractivity contribution in [3.8, 4) is 0 Å². The number of carbonyl (C=O) groups excluding carboxylic acids is 1. The van der Waals surface area contributed by atoms with Crippen LogP contribution in [-0.2, 0) is 24.2 Å². The molecule has 0 aliphatic heterocycles. The highest BCUT2D eigenvalue weighted by Gasteiger charge is 2.26. The van der Waals surface area contributed by atoms with Crippen molar-refractivity contribution >= 4 is 39.2 Å². The number of carbonyl (C=O) groups is 1. The maximum atomic E-state index is 13.5. The summed E-state index contributed by atoms with van der Waals surface area (Å²) in [6.07, 6.45) is 7.39. The van der Waals surface area contributed by atoms with E-state index in [0.717, 1.165) is 60.7 Å². The molecule has 0 saturated heterocycles. The molecule has 1 aromatic carbocycles. The second-order valence-corrected chi connectivity index (χ2v) is 9.92. The topological polar surface area (TPSA) is 78.0 Å². The van der Waals surface area contributed by atoms with Crippen molar-refractivity contribution in [2.24, 2.45) is 5.73 Å². The highest BCUT2D eigenvalue weighted by Crippen LogP contribution is 2.38. The van der Waals surface area contributed by atoms with E-state index in [1.54, 1.807) is 15.9 Å². The number of amides is 1. The quantitative estimate of drug-likeness (QED) is 0.293. The van der Waals surface area contributed by atoms with Crippen molar-refractivity contribution in [2.75, 3.05) is 0 Å². The lowest BCUT2D eigenvalue weighted by atomic mass is 10.1. The minimum absolute atomic E-state index is 0.0367. The summed E-state index contributed by atoms with van der Waals surface area (Å²) >= 11 is 2.93. The number of nitrogens with zero attached hydrogens (tertiary/aromatic N) is 2. The number of benzene rings is 1. The Morgan fingerprint density at radius 3 is 2.77 bits per heavy atom. The van der Waals surface area contributed by atoms with Crippen molar-refractivity contribution in [2.45, 2.75) is 68.8 Å². The molecule has 2 heterocycles. The van der Waals surface area contributed by atoms with E-state index in [1.807, 2.05) is 30.3 Å². The third kappa shape index (κ3) is 4.18. The van der Waals surface area contributed by atoms with Crippen LogP contribution in [0.3, 0.4) is 0 Å². The Bertz CT molecular complexity index is 1110. The third-order valence-corrected chi connectivity index (χ3v) is 8.06. The van der Waals surface area contributed by atoms with Crippen molar-refractivity contribution in [1.82, 2.24) is 9.55 Å². The first-order chi connectivity index (χ1) is 14.6. The van der Waals surface area contributed by atoms with Gasteiger partial charge >= 0.3 is 0 Å². The highest BCUT2D eigenvalue weighted by atomic mass is 32.2. The van der Waals surface area contributed by atoms with Crippen LogP contribution in [0, 0.1) is 0 Å². The van der Waals surface area contributed by atoms with Crippen LogP contribution in [-0.4, -0.2) is 15.5 Å². The molecule has 30 heavy (non-hydrogen) atoms. The molecule has 7 heteroatoms. The van der Waals surface area contributed by atoms with E-state index in [-0.39, 0.29) is 5.56 Å². The van der Waals surface area contributed by atoms with E-state index in [0.29, 0.717) is 11.7 Å². The summed E-state index contributed by atoms with van der Waals surface area (Å²) in [5, 5.41) is 0.809. The van der Waals surface area contributed by atoms with Gasteiger partial charge in [-0.15, -0.1) is 11.3 Å². The molecule has 1 aliphatic carbocycles. The number of hydrogen-bond acceptors (Lipinski definition) is 5. The number of thiophene rings is 1. The molecule has 1 amide bonds. The molecule has 2 N–H and O–H groups in total. The maximum Gasteiger partial charge on any atom is 0.263 e.